The minimum atomic E-state index is -3.03. The Labute approximate surface area is 155 Å². The molecule has 1 saturated carbocycles. The van der Waals surface area contributed by atoms with Crippen molar-refractivity contribution in [1.82, 2.24) is 4.90 Å². The zero-order chi connectivity index (χ0) is 18.6. The van der Waals surface area contributed by atoms with E-state index in [0.717, 1.165) is 31.4 Å². The van der Waals surface area contributed by atoms with Crippen molar-refractivity contribution in [2.24, 2.45) is 0 Å². The van der Waals surface area contributed by atoms with Gasteiger partial charge in [0.2, 0.25) is 0 Å². The Balaban J connectivity index is 1.63. The molecule has 0 spiro atoms. The van der Waals surface area contributed by atoms with E-state index >= 15 is 0 Å². The number of ether oxygens (including phenoxy) is 2. The van der Waals surface area contributed by atoms with Gasteiger partial charge in [-0.1, -0.05) is 12.8 Å². The van der Waals surface area contributed by atoms with E-state index in [4.69, 9.17) is 9.47 Å². The van der Waals surface area contributed by atoms with E-state index in [-0.39, 0.29) is 36.1 Å². The summed E-state index contributed by atoms with van der Waals surface area (Å²) in [5.74, 6) is 1.50. The van der Waals surface area contributed by atoms with Crippen LogP contribution in [0.4, 0.5) is 0 Å². The van der Waals surface area contributed by atoms with Crippen molar-refractivity contribution in [2.75, 3.05) is 24.7 Å². The molecule has 1 heterocycles. The van der Waals surface area contributed by atoms with E-state index in [2.05, 4.69) is 0 Å². The first-order valence-electron chi connectivity index (χ1n) is 9.36. The summed E-state index contributed by atoms with van der Waals surface area (Å²) in [6.07, 6.45) is 4.62. The Morgan fingerprint density at radius 2 is 1.65 bits per heavy atom. The van der Waals surface area contributed by atoms with Crippen molar-refractivity contribution in [1.29, 1.82) is 0 Å². The van der Waals surface area contributed by atoms with Crippen molar-refractivity contribution >= 4 is 15.7 Å². The van der Waals surface area contributed by atoms with Crippen molar-refractivity contribution in [2.45, 2.75) is 51.1 Å². The van der Waals surface area contributed by atoms with E-state index in [0.29, 0.717) is 18.8 Å². The number of rotatable bonds is 7. The van der Waals surface area contributed by atoms with E-state index in [1.54, 1.807) is 12.1 Å². The van der Waals surface area contributed by atoms with E-state index in [1.807, 2.05) is 24.0 Å². The molecule has 26 heavy (non-hydrogen) atoms. The molecule has 0 aromatic heterocycles. The molecule has 3 rings (SSSR count). The molecular formula is C19H27NO5S. The van der Waals surface area contributed by atoms with Gasteiger partial charge in [-0.3, -0.25) is 4.79 Å². The molecule has 0 N–H and O–H groups in total. The Bertz CT molecular complexity index is 710. The van der Waals surface area contributed by atoms with Crippen LogP contribution in [-0.4, -0.2) is 56.0 Å². The topological polar surface area (TPSA) is 72.9 Å². The van der Waals surface area contributed by atoms with Crippen molar-refractivity contribution in [3.8, 4) is 11.5 Å². The molecule has 1 amide bonds. The molecular weight excluding hydrogens is 354 g/mol. The monoisotopic (exact) mass is 381 g/mol. The third-order valence-corrected chi connectivity index (χ3v) is 6.86. The number of amides is 1. The number of hydrogen-bond acceptors (Lipinski definition) is 5. The normalized spacial score (nSPS) is 22.3. The van der Waals surface area contributed by atoms with Gasteiger partial charge in [-0.05, 0) is 50.5 Å². The minimum absolute atomic E-state index is 0.0684. The third kappa shape index (κ3) is 4.69. The van der Waals surface area contributed by atoms with Crippen LogP contribution in [0.15, 0.2) is 24.3 Å². The lowest BCUT2D eigenvalue weighted by Crippen LogP contribution is -2.48. The number of carbonyl (C=O) groups excluding carboxylic acids is 1. The predicted molar refractivity (Wildman–Crippen MR) is 99.3 cm³/mol. The Morgan fingerprint density at radius 3 is 2.19 bits per heavy atom. The highest BCUT2D eigenvalue weighted by Gasteiger charge is 2.39. The molecule has 7 heteroatoms. The van der Waals surface area contributed by atoms with Crippen LogP contribution in [0.5, 0.6) is 11.5 Å². The molecule has 6 nitrogen and oxygen atoms in total. The molecule has 1 atom stereocenters. The van der Waals surface area contributed by atoms with E-state index in [1.165, 1.54) is 0 Å². The van der Waals surface area contributed by atoms with Gasteiger partial charge in [0, 0.05) is 12.1 Å². The SMILES string of the molecule is CCOc1ccc(OCC(=O)N(C2CCCC2)[C@H]2CCS(=O)(=O)C2)cc1. The van der Waals surface area contributed by atoms with Gasteiger partial charge < -0.3 is 14.4 Å². The average molecular weight is 381 g/mol. The van der Waals surface area contributed by atoms with Gasteiger partial charge in [-0.2, -0.15) is 0 Å². The maximum atomic E-state index is 12.9. The number of benzene rings is 1. The second-order valence-electron chi connectivity index (χ2n) is 6.99. The molecule has 1 aliphatic carbocycles. The maximum Gasteiger partial charge on any atom is 0.261 e. The van der Waals surface area contributed by atoms with Gasteiger partial charge in [-0.15, -0.1) is 0 Å². The molecule has 2 fully saturated rings. The highest BCUT2D eigenvalue weighted by Crippen LogP contribution is 2.29. The summed E-state index contributed by atoms with van der Waals surface area (Å²) in [6, 6.07) is 7.10. The Hall–Kier alpha value is -1.76. The summed E-state index contributed by atoms with van der Waals surface area (Å²) in [5, 5.41) is 0. The van der Waals surface area contributed by atoms with Gasteiger partial charge in [0.05, 0.1) is 18.1 Å². The predicted octanol–water partition coefficient (Wildman–Crippen LogP) is 2.42. The van der Waals surface area contributed by atoms with Gasteiger partial charge >= 0.3 is 0 Å². The van der Waals surface area contributed by atoms with Crippen molar-refractivity contribution in [3.63, 3.8) is 0 Å². The van der Waals surface area contributed by atoms with Gasteiger partial charge in [0.15, 0.2) is 16.4 Å². The summed E-state index contributed by atoms with van der Waals surface area (Å²) in [6.45, 7) is 2.45. The molecule has 2 aliphatic rings. The zero-order valence-corrected chi connectivity index (χ0v) is 16.0. The van der Waals surface area contributed by atoms with Crippen LogP contribution in [0.3, 0.4) is 0 Å². The maximum absolute atomic E-state index is 12.9. The van der Waals surface area contributed by atoms with Crippen LogP contribution in [0.2, 0.25) is 0 Å². The lowest BCUT2D eigenvalue weighted by Gasteiger charge is -2.34. The molecule has 0 bridgehead atoms. The first-order chi connectivity index (χ1) is 12.5. The van der Waals surface area contributed by atoms with E-state index < -0.39 is 9.84 Å². The summed E-state index contributed by atoms with van der Waals surface area (Å²) < 4.78 is 34.8. The highest BCUT2D eigenvalue weighted by atomic mass is 32.2. The lowest BCUT2D eigenvalue weighted by molar-refractivity contribution is -0.137. The lowest BCUT2D eigenvalue weighted by atomic mass is 10.1. The summed E-state index contributed by atoms with van der Waals surface area (Å²) in [7, 11) is -3.03. The molecule has 0 unspecified atom stereocenters. The standard InChI is InChI=1S/C19H27NO5S/c1-2-24-17-7-9-18(10-8-17)25-13-19(21)20(15-5-3-4-6-15)16-11-12-26(22,23)14-16/h7-10,15-16H,2-6,11-14H2,1H3/t16-/m0/s1. The average Bonchev–Trinajstić information content (AvgIpc) is 3.25. The van der Waals surface area contributed by atoms with Gasteiger partial charge in [-0.25, -0.2) is 8.42 Å². The summed E-state index contributed by atoms with van der Waals surface area (Å²) in [4.78, 5) is 14.7. The summed E-state index contributed by atoms with van der Waals surface area (Å²) >= 11 is 0. The fourth-order valence-corrected chi connectivity index (χ4v) is 5.61. The molecule has 0 radical (unpaired) electrons. The summed E-state index contributed by atoms with van der Waals surface area (Å²) in [5.41, 5.74) is 0. The Morgan fingerprint density at radius 1 is 1.04 bits per heavy atom. The molecule has 1 aromatic rings. The van der Waals surface area contributed by atoms with Crippen LogP contribution in [-0.2, 0) is 14.6 Å². The van der Waals surface area contributed by atoms with Crippen LogP contribution in [0.25, 0.3) is 0 Å². The van der Waals surface area contributed by atoms with Crippen LogP contribution in [0.1, 0.15) is 39.0 Å². The molecule has 1 aliphatic heterocycles. The largest absolute Gasteiger partial charge is 0.494 e. The zero-order valence-electron chi connectivity index (χ0n) is 15.2. The van der Waals surface area contributed by atoms with Crippen LogP contribution < -0.4 is 9.47 Å². The van der Waals surface area contributed by atoms with Gasteiger partial charge in [0.25, 0.3) is 5.91 Å². The number of sulfone groups is 1. The first-order valence-corrected chi connectivity index (χ1v) is 11.2. The van der Waals surface area contributed by atoms with Crippen molar-refractivity contribution < 1.29 is 22.7 Å². The third-order valence-electron chi connectivity index (χ3n) is 5.10. The minimum Gasteiger partial charge on any atom is -0.494 e. The van der Waals surface area contributed by atoms with Crippen molar-refractivity contribution in [3.05, 3.63) is 24.3 Å². The fourth-order valence-electron chi connectivity index (χ4n) is 3.90. The highest BCUT2D eigenvalue weighted by molar-refractivity contribution is 7.91. The number of nitrogens with zero attached hydrogens (tertiary/aromatic N) is 1. The fraction of sp³-hybridized carbons (Fsp3) is 0.632. The number of carbonyl (C=O) groups is 1. The molecule has 1 aromatic carbocycles. The van der Waals surface area contributed by atoms with E-state index in [9.17, 15) is 13.2 Å². The van der Waals surface area contributed by atoms with Crippen LogP contribution in [0, 0.1) is 0 Å². The Kier molecular flexibility index (Phi) is 6.06. The quantitative estimate of drug-likeness (QED) is 0.725. The smallest absolute Gasteiger partial charge is 0.261 e. The first kappa shape index (κ1) is 19.0. The van der Waals surface area contributed by atoms with Gasteiger partial charge in [0.1, 0.15) is 11.5 Å². The number of hydrogen-bond donors (Lipinski definition) is 0. The second-order valence-corrected chi connectivity index (χ2v) is 9.22. The molecule has 1 saturated heterocycles. The van der Waals surface area contributed by atoms with Crippen LogP contribution >= 0.6 is 0 Å². The molecule has 144 valence electrons. The second kappa shape index (κ2) is 8.29.